The van der Waals surface area contributed by atoms with Gasteiger partial charge in [0.15, 0.2) is 0 Å². The number of Topliss-reactive ketones (excluding diaryl/α,β-unsaturated/α-hetero) is 1. The number of amides is 1. The van der Waals surface area contributed by atoms with Crippen molar-refractivity contribution in [2.24, 2.45) is 17.4 Å². The Bertz CT molecular complexity index is 564. The van der Waals surface area contributed by atoms with Crippen LogP contribution in [0.1, 0.15) is 45.4 Å². The zero-order chi connectivity index (χ0) is 21.1. The van der Waals surface area contributed by atoms with Crippen LogP contribution in [0.4, 0.5) is 0 Å². The minimum absolute atomic E-state index is 0.0203. The Morgan fingerprint density at radius 3 is 1.93 bits per heavy atom. The van der Waals surface area contributed by atoms with Crippen LogP contribution in [-0.2, 0) is 24.0 Å². The maximum Gasteiger partial charge on any atom is 0.326 e. The van der Waals surface area contributed by atoms with Gasteiger partial charge in [-0.25, -0.2) is 4.79 Å². The number of carboxylic acids is 3. The fourth-order valence-corrected chi connectivity index (χ4v) is 2.24. The standard InChI is InChI=1S/C16H27N3O8/c1-8(17)12(20)7-9(14(22)23)5-6-13(21)19-11(16(26)27)4-2-3-10(18)15(24)25/h8-11H,2-7,17-18H2,1H3,(H,19,21)(H,22,23)(H,24,25)(H,26,27)/t8-,9-,10?,11?/m0/s1. The van der Waals surface area contributed by atoms with Crippen LogP contribution in [0.5, 0.6) is 0 Å². The molecule has 0 aromatic rings. The lowest BCUT2D eigenvalue weighted by Crippen LogP contribution is -2.41. The second-order valence-corrected chi connectivity index (χ2v) is 6.37. The van der Waals surface area contributed by atoms with Crippen molar-refractivity contribution in [3.05, 3.63) is 0 Å². The summed E-state index contributed by atoms with van der Waals surface area (Å²) in [5, 5.41) is 29.2. The van der Waals surface area contributed by atoms with Crippen molar-refractivity contribution in [3.8, 4) is 0 Å². The van der Waals surface area contributed by atoms with E-state index < -0.39 is 53.6 Å². The number of hydrogen-bond acceptors (Lipinski definition) is 7. The summed E-state index contributed by atoms with van der Waals surface area (Å²) < 4.78 is 0. The molecule has 0 bridgehead atoms. The molecule has 0 saturated carbocycles. The SMILES string of the molecule is C[C@H](N)C(=O)C[C@H](CCC(=O)NC(CCCC(N)C(=O)O)C(=O)O)C(=O)O. The molecule has 0 heterocycles. The van der Waals surface area contributed by atoms with E-state index in [1.54, 1.807) is 0 Å². The molecule has 0 aromatic heterocycles. The highest BCUT2D eigenvalue weighted by atomic mass is 16.4. The monoisotopic (exact) mass is 389 g/mol. The van der Waals surface area contributed by atoms with Crippen LogP contribution in [-0.4, -0.2) is 63.0 Å². The average molecular weight is 389 g/mol. The average Bonchev–Trinajstić information content (AvgIpc) is 2.56. The van der Waals surface area contributed by atoms with Crippen LogP contribution < -0.4 is 16.8 Å². The number of nitrogens with two attached hydrogens (primary N) is 2. The molecule has 2 unspecified atom stereocenters. The van der Waals surface area contributed by atoms with Gasteiger partial charge in [-0.15, -0.1) is 0 Å². The lowest BCUT2D eigenvalue weighted by atomic mass is 9.94. The summed E-state index contributed by atoms with van der Waals surface area (Å²) in [6.07, 6.45) is -0.526. The largest absolute Gasteiger partial charge is 0.481 e. The summed E-state index contributed by atoms with van der Waals surface area (Å²) >= 11 is 0. The minimum atomic E-state index is -1.30. The number of carbonyl (C=O) groups excluding carboxylic acids is 2. The van der Waals surface area contributed by atoms with Crippen molar-refractivity contribution in [1.29, 1.82) is 0 Å². The van der Waals surface area contributed by atoms with E-state index in [2.05, 4.69) is 5.32 Å². The first-order valence-electron chi connectivity index (χ1n) is 8.47. The van der Waals surface area contributed by atoms with Crippen LogP contribution >= 0.6 is 0 Å². The van der Waals surface area contributed by atoms with E-state index in [1.807, 2.05) is 0 Å². The zero-order valence-electron chi connectivity index (χ0n) is 15.1. The summed E-state index contributed by atoms with van der Waals surface area (Å²) in [6, 6.07) is -3.17. The summed E-state index contributed by atoms with van der Waals surface area (Å²) in [4.78, 5) is 56.5. The molecule has 11 nitrogen and oxygen atoms in total. The van der Waals surface area contributed by atoms with Crippen molar-refractivity contribution in [2.75, 3.05) is 0 Å². The Kier molecular flexibility index (Phi) is 10.8. The van der Waals surface area contributed by atoms with Crippen LogP contribution in [0.15, 0.2) is 0 Å². The number of carbonyl (C=O) groups is 5. The van der Waals surface area contributed by atoms with Gasteiger partial charge in [-0.05, 0) is 32.6 Å². The molecule has 0 aliphatic rings. The van der Waals surface area contributed by atoms with E-state index in [1.165, 1.54) is 6.92 Å². The van der Waals surface area contributed by atoms with Gasteiger partial charge in [0.2, 0.25) is 5.91 Å². The molecule has 0 rings (SSSR count). The summed E-state index contributed by atoms with van der Waals surface area (Å²) in [5.41, 5.74) is 10.7. The van der Waals surface area contributed by atoms with E-state index in [4.69, 9.17) is 26.8 Å². The van der Waals surface area contributed by atoms with E-state index >= 15 is 0 Å². The second kappa shape index (κ2) is 12.0. The number of aliphatic carboxylic acids is 3. The van der Waals surface area contributed by atoms with Crippen LogP contribution in [0.2, 0.25) is 0 Å². The third-order valence-corrected chi connectivity index (χ3v) is 3.98. The Morgan fingerprint density at radius 1 is 0.889 bits per heavy atom. The van der Waals surface area contributed by atoms with Crippen molar-refractivity contribution < 1.29 is 39.3 Å². The summed E-state index contributed by atoms with van der Waals surface area (Å²) in [6.45, 7) is 1.43. The fourth-order valence-electron chi connectivity index (χ4n) is 2.24. The molecule has 0 radical (unpaired) electrons. The first-order valence-corrected chi connectivity index (χ1v) is 8.47. The molecule has 0 aromatic carbocycles. The molecular formula is C16H27N3O8. The second-order valence-electron chi connectivity index (χ2n) is 6.37. The smallest absolute Gasteiger partial charge is 0.326 e. The van der Waals surface area contributed by atoms with Gasteiger partial charge < -0.3 is 32.1 Å². The third kappa shape index (κ3) is 10.3. The van der Waals surface area contributed by atoms with Gasteiger partial charge in [0.1, 0.15) is 17.9 Å². The third-order valence-electron chi connectivity index (χ3n) is 3.98. The van der Waals surface area contributed by atoms with Gasteiger partial charge in [0.25, 0.3) is 0 Å². The first-order chi connectivity index (χ1) is 12.5. The molecule has 0 fully saturated rings. The van der Waals surface area contributed by atoms with Crippen LogP contribution in [0, 0.1) is 5.92 Å². The lowest BCUT2D eigenvalue weighted by molar-refractivity contribution is -0.145. The number of carboxylic acid groups (broad SMARTS) is 3. The zero-order valence-corrected chi connectivity index (χ0v) is 15.1. The lowest BCUT2D eigenvalue weighted by Gasteiger charge is -2.16. The molecule has 0 aliphatic carbocycles. The highest BCUT2D eigenvalue weighted by Gasteiger charge is 2.25. The predicted octanol–water partition coefficient (Wildman–Crippen LogP) is -1.07. The number of ketones is 1. The molecule has 4 atom stereocenters. The Labute approximate surface area is 156 Å². The van der Waals surface area contributed by atoms with Gasteiger partial charge >= 0.3 is 17.9 Å². The minimum Gasteiger partial charge on any atom is -0.481 e. The highest BCUT2D eigenvalue weighted by molar-refractivity contribution is 5.88. The van der Waals surface area contributed by atoms with Crippen LogP contribution in [0.25, 0.3) is 0 Å². The molecule has 11 heteroatoms. The number of nitrogens with one attached hydrogen (secondary N) is 1. The molecule has 1 amide bonds. The summed E-state index contributed by atoms with van der Waals surface area (Å²) in [7, 11) is 0. The highest BCUT2D eigenvalue weighted by Crippen LogP contribution is 2.14. The molecule has 27 heavy (non-hydrogen) atoms. The van der Waals surface area contributed by atoms with E-state index in [0.717, 1.165) is 0 Å². The van der Waals surface area contributed by atoms with Gasteiger partial charge in [0.05, 0.1) is 12.0 Å². The van der Waals surface area contributed by atoms with E-state index in [0.29, 0.717) is 0 Å². The molecular weight excluding hydrogens is 362 g/mol. The topological polar surface area (TPSA) is 210 Å². The van der Waals surface area contributed by atoms with Crippen molar-refractivity contribution in [3.63, 3.8) is 0 Å². The quantitative estimate of drug-likeness (QED) is 0.211. The van der Waals surface area contributed by atoms with E-state index in [-0.39, 0.29) is 38.5 Å². The number of rotatable bonds is 14. The van der Waals surface area contributed by atoms with Gasteiger partial charge in [-0.3, -0.25) is 19.2 Å². The Balaban J connectivity index is 4.54. The molecule has 0 aliphatic heterocycles. The molecule has 154 valence electrons. The molecule has 0 spiro atoms. The van der Waals surface area contributed by atoms with Crippen molar-refractivity contribution >= 4 is 29.6 Å². The Morgan fingerprint density at radius 2 is 1.48 bits per heavy atom. The van der Waals surface area contributed by atoms with Crippen molar-refractivity contribution in [2.45, 2.75) is 63.6 Å². The number of hydrogen-bond donors (Lipinski definition) is 6. The normalized spacial score (nSPS) is 15.2. The fraction of sp³-hybridized carbons (Fsp3) is 0.688. The summed E-state index contributed by atoms with van der Waals surface area (Å²) in [5.74, 6) is -5.95. The first kappa shape index (κ1) is 24.5. The maximum atomic E-state index is 11.9. The van der Waals surface area contributed by atoms with Gasteiger partial charge in [0, 0.05) is 12.8 Å². The van der Waals surface area contributed by atoms with Crippen molar-refractivity contribution in [1.82, 2.24) is 5.32 Å². The van der Waals surface area contributed by atoms with Gasteiger partial charge in [-0.1, -0.05) is 0 Å². The predicted molar refractivity (Wildman–Crippen MR) is 92.7 cm³/mol. The maximum absolute atomic E-state index is 11.9. The Hall–Kier alpha value is -2.53. The van der Waals surface area contributed by atoms with Gasteiger partial charge in [-0.2, -0.15) is 0 Å². The van der Waals surface area contributed by atoms with E-state index in [9.17, 15) is 24.0 Å². The molecule has 0 saturated heterocycles. The van der Waals surface area contributed by atoms with Crippen LogP contribution in [0.3, 0.4) is 0 Å². The molecule has 8 N–H and O–H groups in total.